The first-order valence-corrected chi connectivity index (χ1v) is 8.34. The molecule has 0 aliphatic carbocycles. The fourth-order valence-electron chi connectivity index (χ4n) is 2.46. The summed E-state index contributed by atoms with van der Waals surface area (Å²) in [6.07, 6.45) is 0. The van der Waals surface area contributed by atoms with E-state index in [1.165, 1.54) is 11.8 Å². The quantitative estimate of drug-likeness (QED) is 0.524. The van der Waals surface area contributed by atoms with Crippen molar-refractivity contribution in [1.82, 2.24) is 35.2 Å². The van der Waals surface area contributed by atoms with Gasteiger partial charge in [-0.25, -0.2) is 0 Å². The van der Waals surface area contributed by atoms with Gasteiger partial charge in [0.15, 0.2) is 0 Å². The predicted octanol–water partition coefficient (Wildman–Crippen LogP) is 1.46. The Morgan fingerprint density at radius 1 is 0.920 bits per heavy atom. The molecular weight excluding hydrogens is 338 g/mol. The van der Waals surface area contributed by atoms with Crippen molar-refractivity contribution in [3.8, 4) is 5.69 Å². The maximum atomic E-state index is 5.59. The van der Waals surface area contributed by atoms with Crippen molar-refractivity contribution in [3.63, 3.8) is 0 Å². The summed E-state index contributed by atoms with van der Waals surface area (Å²) in [5.74, 6) is 1.08. The molecule has 0 atom stereocenters. The summed E-state index contributed by atoms with van der Waals surface area (Å²) in [4.78, 5) is 11.9. The first-order chi connectivity index (χ1) is 12.2. The molecule has 4 rings (SSSR count). The van der Waals surface area contributed by atoms with Crippen LogP contribution in [0.1, 0.15) is 5.82 Å². The minimum atomic E-state index is 0.0942. The molecule has 10 heteroatoms. The topological polar surface area (TPSA) is 134 Å². The van der Waals surface area contributed by atoms with E-state index in [9.17, 15) is 0 Å². The van der Waals surface area contributed by atoms with E-state index in [0.717, 1.165) is 16.5 Å². The normalized spacial score (nSPS) is 11.0. The number of anilines is 2. The second-order valence-electron chi connectivity index (χ2n) is 5.13. The number of hydrogen-bond donors (Lipinski definition) is 2. The van der Waals surface area contributed by atoms with Crippen molar-refractivity contribution in [3.05, 3.63) is 48.3 Å². The third-order valence-electron chi connectivity index (χ3n) is 3.48. The van der Waals surface area contributed by atoms with E-state index < -0.39 is 0 Å². The highest BCUT2D eigenvalue weighted by Crippen LogP contribution is 2.26. The lowest BCUT2D eigenvalue weighted by Crippen LogP contribution is -2.06. The maximum absolute atomic E-state index is 5.59. The Kier molecular flexibility index (Phi) is 3.86. The number of benzene rings is 2. The molecule has 124 valence electrons. The van der Waals surface area contributed by atoms with Gasteiger partial charge in [0.2, 0.25) is 17.1 Å². The second kappa shape index (κ2) is 6.32. The number of hydrogen-bond acceptors (Lipinski definition) is 9. The molecule has 0 aliphatic rings. The molecule has 9 nitrogen and oxygen atoms in total. The first kappa shape index (κ1) is 15.3. The fourth-order valence-corrected chi connectivity index (χ4v) is 3.20. The molecule has 0 spiro atoms. The summed E-state index contributed by atoms with van der Waals surface area (Å²) in [5.41, 5.74) is 12.1. The lowest BCUT2D eigenvalue weighted by Gasteiger charge is -2.08. The van der Waals surface area contributed by atoms with Gasteiger partial charge in [0.25, 0.3) is 0 Å². The summed E-state index contributed by atoms with van der Waals surface area (Å²) in [6, 6.07) is 14.1. The van der Waals surface area contributed by atoms with Gasteiger partial charge in [0, 0.05) is 5.39 Å². The Hall–Kier alpha value is -3.27. The van der Waals surface area contributed by atoms with Gasteiger partial charge in [0.1, 0.15) is 5.82 Å². The molecule has 0 saturated heterocycles. The average molecular weight is 351 g/mol. The first-order valence-electron chi connectivity index (χ1n) is 7.36. The van der Waals surface area contributed by atoms with Gasteiger partial charge in [-0.05, 0) is 21.9 Å². The van der Waals surface area contributed by atoms with E-state index in [1.807, 2.05) is 42.5 Å². The molecule has 25 heavy (non-hydrogen) atoms. The molecule has 0 bridgehead atoms. The average Bonchev–Trinajstić information content (AvgIpc) is 3.07. The van der Waals surface area contributed by atoms with E-state index in [-0.39, 0.29) is 11.9 Å². The van der Waals surface area contributed by atoms with Crippen LogP contribution in [0.4, 0.5) is 11.9 Å². The molecule has 2 heterocycles. The highest BCUT2D eigenvalue weighted by Gasteiger charge is 2.13. The van der Waals surface area contributed by atoms with Crippen LogP contribution < -0.4 is 11.5 Å². The number of rotatable bonds is 4. The maximum Gasteiger partial charge on any atom is 0.225 e. The lowest BCUT2D eigenvalue weighted by atomic mass is 10.1. The summed E-state index contributed by atoms with van der Waals surface area (Å²) >= 11 is 1.39. The number of aromatic nitrogens is 7. The van der Waals surface area contributed by atoms with Gasteiger partial charge in [-0.2, -0.15) is 19.6 Å². The Morgan fingerprint density at radius 3 is 2.52 bits per heavy atom. The van der Waals surface area contributed by atoms with Crippen LogP contribution in [0.3, 0.4) is 0 Å². The molecule has 2 aromatic carbocycles. The zero-order valence-electron chi connectivity index (χ0n) is 12.9. The van der Waals surface area contributed by atoms with Crippen LogP contribution in [0, 0.1) is 0 Å². The largest absolute Gasteiger partial charge is 0.368 e. The summed E-state index contributed by atoms with van der Waals surface area (Å²) in [5, 5.41) is 14.8. The van der Waals surface area contributed by atoms with E-state index >= 15 is 0 Å². The Labute approximate surface area is 146 Å². The molecule has 0 unspecified atom stereocenters. The van der Waals surface area contributed by atoms with Crippen LogP contribution in [0.15, 0.2) is 47.6 Å². The zero-order chi connectivity index (χ0) is 17.2. The van der Waals surface area contributed by atoms with E-state index in [4.69, 9.17) is 11.5 Å². The number of nitrogens with zero attached hydrogens (tertiary/aromatic N) is 7. The predicted molar refractivity (Wildman–Crippen MR) is 94.9 cm³/mol. The Bertz CT molecular complexity index is 1020. The van der Waals surface area contributed by atoms with Gasteiger partial charge in [0.05, 0.1) is 11.4 Å². The van der Waals surface area contributed by atoms with Crippen LogP contribution in [-0.4, -0.2) is 35.2 Å². The third-order valence-corrected chi connectivity index (χ3v) is 4.40. The van der Waals surface area contributed by atoms with Crippen molar-refractivity contribution in [2.75, 3.05) is 11.5 Å². The second-order valence-corrected chi connectivity index (χ2v) is 6.07. The van der Waals surface area contributed by atoms with Crippen LogP contribution in [0.2, 0.25) is 0 Å². The van der Waals surface area contributed by atoms with Crippen molar-refractivity contribution in [2.24, 2.45) is 0 Å². The number of thioether (sulfide) groups is 1. The molecule has 0 saturated carbocycles. The third kappa shape index (κ3) is 3.06. The van der Waals surface area contributed by atoms with Crippen molar-refractivity contribution >= 4 is 34.4 Å². The summed E-state index contributed by atoms with van der Waals surface area (Å²) < 4.78 is 1.70. The van der Waals surface area contributed by atoms with Crippen molar-refractivity contribution < 1.29 is 0 Å². The monoisotopic (exact) mass is 351 g/mol. The van der Waals surface area contributed by atoms with Gasteiger partial charge in [-0.3, -0.25) is 0 Å². The van der Waals surface area contributed by atoms with Crippen molar-refractivity contribution in [1.29, 1.82) is 0 Å². The van der Waals surface area contributed by atoms with Crippen LogP contribution in [0.25, 0.3) is 16.5 Å². The van der Waals surface area contributed by atoms with E-state index in [2.05, 4.69) is 30.5 Å². The molecule has 0 radical (unpaired) electrons. The SMILES string of the molecule is Nc1nc(N)nc(CSc2nnnn2-c2cccc3ccccc23)n1. The smallest absolute Gasteiger partial charge is 0.225 e. The van der Waals surface area contributed by atoms with Crippen LogP contribution >= 0.6 is 11.8 Å². The van der Waals surface area contributed by atoms with Gasteiger partial charge >= 0.3 is 0 Å². The minimum absolute atomic E-state index is 0.0942. The number of tetrazole rings is 1. The number of nitrogen functional groups attached to an aromatic ring is 2. The Balaban J connectivity index is 1.66. The minimum Gasteiger partial charge on any atom is -0.368 e. The highest BCUT2D eigenvalue weighted by atomic mass is 32.2. The van der Waals surface area contributed by atoms with Crippen LogP contribution in [0.5, 0.6) is 0 Å². The number of nitrogens with two attached hydrogens (primary N) is 2. The molecule has 2 aromatic heterocycles. The standard InChI is InChI=1S/C15H13N9S/c16-13-18-12(19-14(17)20-13)8-25-15-21-22-23-24(15)11-7-3-5-9-4-1-2-6-10(9)11/h1-7H,8H2,(H4,16,17,18,19,20). The van der Waals surface area contributed by atoms with Crippen molar-refractivity contribution in [2.45, 2.75) is 10.9 Å². The summed E-state index contributed by atoms with van der Waals surface area (Å²) in [7, 11) is 0. The molecular formula is C15H13N9S. The zero-order valence-corrected chi connectivity index (χ0v) is 13.8. The molecule has 0 amide bonds. The summed E-state index contributed by atoms with van der Waals surface area (Å²) in [6.45, 7) is 0. The van der Waals surface area contributed by atoms with E-state index in [1.54, 1.807) is 4.68 Å². The van der Waals surface area contributed by atoms with E-state index in [0.29, 0.717) is 16.7 Å². The number of fused-ring (bicyclic) bond motifs is 1. The highest BCUT2D eigenvalue weighted by molar-refractivity contribution is 7.98. The molecule has 0 aliphatic heterocycles. The molecule has 4 N–H and O–H groups in total. The molecule has 4 aromatic rings. The van der Waals surface area contributed by atoms with Crippen LogP contribution in [-0.2, 0) is 5.75 Å². The van der Waals surface area contributed by atoms with Gasteiger partial charge in [-0.15, -0.1) is 5.10 Å². The van der Waals surface area contributed by atoms with Gasteiger partial charge in [-0.1, -0.05) is 48.2 Å². The van der Waals surface area contributed by atoms with Gasteiger partial charge < -0.3 is 11.5 Å². The lowest BCUT2D eigenvalue weighted by molar-refractivity contribution is 0.761. The fraction of sp³-hybridized carbons (Fsp3) is 0.0667. The molecule has 0 fully saturated rings. The Morgan fingerprint density at radius 2 is 1.68 bits per heavy atom.